The van der Waals surface area contributed by atoms with Gasteiger partial charge >= 0.3 is 0 Å². The molecule has 0 radical (unpaired) electrons. The lowest BCUT2D eigenvalue weighted by Gasteiger charge is -2.20. The fraction of sp³-hybridized carbons (Fsp3) is 0.444. The number of nitrogens with zero attached hydrogens (tertiary/aromatic N) is 5. The van der Waals surface area contributed by atoms with E-state index >= 15 is 0 Å². The van der Waals surface area contributed by atoms with Gasteiger partial charge in [0.25, 0.3) is 0 Å². The van der Waals surface area contributed by atoms with Crippen molar-refractivity contribution < 1.29 is 0 Å². The average Bonchev–Trinajstić information content (AvgIpc) is 2.64. The lowest BCUT2D eigenvalue weighted by molar-refractivity contribution is 0.599. The minimum atomic E-state index is -0.113. The van der Waals surface area contributed by atoms with Gasteiger partial charge in [0.1, 0.15) is 5.84 Å². The summed E-state index contributed by atoms with van der Waals surface area (Å²) in [5.74, 6) is 1.00. The Kier molecular flexibility index (Phi) is 2.24. The first kappa shape index (κ1) is 8.84. The van der Waals surface area contributed by atoms with Crippen LogP contribution in [-0.4, -0.2) is 29.9 Å². The van der Waals surface area contributed by atoms with Gasteiger partial charge in [-0.25, -0.2) is 0 Å². The van der Waals surface area contributed by atoms with E-state index in [-0.39, 0.29) is 6.04 Å². The largest absolute Gasteiger partial charge is 0.331 e. The molecular formula is C9H11N5. The summed E-state index contributed by atoms with van der Waals surface area (Å²) in [4.78, 5) is 9.19. The van der Waals surface area contributed by atoms with Gasteiger partial charge in [0.2, 0.25) is 0 Å². The summed E-state index contributed by atoms with van der Waals surface area (Å²) in [6, 6.07) is -0.113. The van der Waals surface area contributed by atoms with Gasteiger partial charge in [-0.1, -0.05) is 18.1 Å². The number of hydrogen-bond acceptors (Lipinski definition) is 3. The Bertz CT molecular complexity index is 373. The third-order valence-electron chi connectivity index (χ3n) is 2.35. The van der Waals surface area contributed by atoms with E-state index in [1.807, 2.05) is 25.3 Å². The summed E-state index contributed by atoms with van der Waals surface area (Å²) in [6.45, 7) is 3.65. The number of azide groups is 1. The average molecular weight is 189 g/mol. The van der Waals surface area contributed by atoms with Crippen LogP contribution < -0.4 is 0 Å². The lowest BCUT2D eigenvalue weighted by atomic mass is 10.1. The molecule has 0 aromatic heterocycles. The summed E-state index contributed by atoms with van der Waals surface area (Å²) in [5.41, 5.74) is 9.36. The minimum Gasteiger partial charge on any atom is -0.331 e. The van der Waals surface area contributed by atoms with Crippen LogP contribution in [-0.2, 0) is 0 Å². The predicted molar refractivity (Wildman–Crippen MR) is 54.8 cm³/mol. The van der Waals surface area contributed by atoms with Crippen LogP contribution in [0.3, 0.4) is 0 Å². The van der Waals surface area contributed by atoms with Crippen molar-refractivity contribution in [2.45, 2.75) is 13.0 Å². The van der Waals surface area contributed by atoms with Crippen molar-refractivity contribution in [2.24, 2.45) is 10.1 Å². The Morgan fingerprint density at radius 3 is 3.29 bits per heavy atom. The summed E-state index contributed by atoms with van der Waals surface area (Å²) >= 11 is 0. The minimum absolute atomic E-state index is 0.113. The fourth-order valence-electron chi connectivity index (χ4n) is 1.54. The molecule has 2 rings (SSSR count). The Hall–Kier alpha value is -1.74. The Balaban J connectivity index is 2.20. The van der Waals surface area contributed by atoms with Crippen LogP contribution >= 0.6 is 0 Å². The molecule has 0 N–H and O–H groups in total. The maximum Gasteiger partial charge on any atom is 0.127 e. The van der Waals surface area contributed by atoms with Gasteiger partial charge in [0.15, 0.2) is 0 Å². The zero-order valence-corrected chi connectivity index (χ0v) is 7.96. The first-order valence-corrected chi connectivity index (χ1v) is 4.56. The first-order chi connectivity index (χ1) is 6.81. The van der Waals surface area contributed by atoms with E-state index in [9.17, 15) is 0 Å². The number of rotatable bonds is 2. The van der Waals surface area contributed by atoms with Gasteiger partial charge in [-0.2, -0.15) is 0 Å². The molecule has 0 saturated carbocycles. The van der Waals surface area contributed by atoms with Crippen molar-refractivity contribution >= 4 is 5.84 Å². The number of amidine groups is 1. The second-order valence-corrected chi connectivity index (χ2v) is 3.28. The molecule has 0 amide bonds. The molecule has 5 heteroatoms. The van der Waals surface area contributed by atoms with Crippen molar-refractivity contribution in [1.82, 2.24) is 4.90 Å². The number of aliphatic imine (C=N–C) groups is 1. The molecule has 1 unspecified atom stereocenters. The van der Waals surface area contributed by atoms with E-state index in [1.165, 1.54) is 0 Å². The summed E-state index contributed by atoms with van der Waals surface area (Å²) in [6.07, 6.45) is 5.93. The third kappa shape index (κ3) is 1.49. The highest BCUT2D eigenvalue weighted by atomic mass is 15.2. The predicted octanol–water partition coefficient (Wildman–Crippen LogP) is 1.85. The van der Waals surface area contributed by atoms with E-state index in [0.29, 0.717) is 0 Å². The first-order valence-electron chi connectivity index (χ1n) is 4.56. The number of hydrogen-bond donors (Lipinski definition) is 0. The van der Waals surface area contributed by atoms with Crippen LogP contribution in [0.4, 0.5) is 0 Å². The quantitative estimate of drug-likeness (QED) is 0.371. The van der Waals surface area contributed by atoms with E-state index in [0.717, 1.165) is 24.5 Å². The smallest absolute Gasteiger partial charge is 0.127 e. The van der Waals surface area contributed by atoms with Gasteiger partial charge in [-0.15, -0.1) is 0 Å². The van der Waals surface area contributed by atoms with Gasteiger partial charge in [-0.05, 0) is 17.2 Å². The molecule has 0 fully saturated rings. The normalized spacial score (nSPS) is 20.8. The van der Waals surface area contributed by atoms with Crippen LogP contribution in [0.5, 0.6) is 0 Å². The molecule has 0 aromatic rings. The summed E-state index contributed by atoms with van der Waals surface area (Å²) in [7, 11) is 0. The van der Waals surface area contributed by atoms with Gasteiger partial charge in [0.05, 0.1) is 12.6 Å². The standard InChI is InChI=1S/C9H11N5/c1-7(12-13-10)8-2-3-9-11-4-5-14(9)6-8/h2-3,6-7H,4-5H2,1H3. The van der Waals surface area contributed by atoms with E-state index in [2.05, 4.69) is 19.9 Å². The Labute approximate surface area is 82.1 Å². The zero-order valence-electron chi connectivity index (χ0n) is 7.96. The molecule has 14 heavy (non-hydrogen) atoms. The SMILES string of the molecule is CC(N=[N+]=[N-])C1=CN2CCN=C2C=C1. The van der Waals surface area contributed by atoms with Crippen LogP contribution in [0.1, 0.15) is 6.92 Å². The molecule has 0 aliphatic carbocycles. The highest BCUT2D eigenvalue weighted by Crippen LogP contribution is 2.17. The van der Waals surface area contributed by atoms with Crippen LogP contribution in [0.2, 0.25) is 0 Å². The van der Waals surface area contributed by atoms with E-state index < -0.39 is 0 Å². The monoisotopic (exact) mass is 189 g/mol. The van der Waals surface area contributed by atoms with Crippen molar-refractivity contribution in [1.29, 1.82) is 0 Å². The number of fused-ring (bicyclic) bond motifs is 1. The second-order valence-electron chi connectivity index (χ2n) is 3.28. The molecule has 0 aromatic carbocycles. The summed E-state index contributed by atoms with van der Waals surface area (Å²) in [5, 5.41) is 3.66. The van der Waals surface area contributed by atoms with Crippen molar-refractivity contribution in [3.63, 3.8) is 0 Å². The molecule has 0 bridgehead atoms. The van der Waals surface area contributed by atoms with Gasteiger partial charge in [-0.3, -0.25) is 4.99 Å². The van der Waals surface area contributed by atoms with E-state index in [1.54, 1.807) is 0 Å². The molecule has 2 aliphatic rings. The molecule has 1 atom stereocenters. The highest BCUT2D eigenvalue weighted by molar-refractivity contribution is 5.96. The van der Waals surface area contributed by atoms with Crippen LogP contribution in [0.25, 0.3) is 10.4 Å². The Morgan fingerprint density at radius 1 is 1.64 bits per heavy atom. The van der Waals surface area contributed by atoms with Gasteiger partial charge < -0.3 is 4.90 Å². The fourth-order valence-corrected chi connectivity index (χ4v) is 1.54. The lowest BCUT2D eigenvalue weighted by Crippen LogP contribution is -2.24. The van der Waals surface area contributed by atoms with Crippen molar-refractivity contribution in [3.8, 4) is 0 Å². The molecular weight excluding hydrogens is 178 g/mol. The molecule has 0 saturated heterocycles. The van der Waals surface area contributed by atoms with Crippen molar-refractivity contribution in [3.05, 3.63) is 34.4 Å². The molecule has 72 valence electrons. The maximum absolute atomic E-state index is 8.32. The highest BCUT2D eigenvalue weighted by Gasteiger charge is 2.17. The second kappa shape index (κ2) is 3.55. The topological polar surface area (TPSA) is 64.4 Å². The third-order valence-corrected chi connectivity index (χ3v) is 2.35. The van der Waals surface area contributed by atoms with Crippen molar-refractivity contribution in [2.75, 3.05) is 13.1 Å². The zero-order chi connectivity index (χ0) is 9.97. The summed E-state index contributed by atoms with van der Waals surface area (Å²) < 4.78 is 0. The molecule has 5 nitrogen and oxygen atoms in total. The van der Waals surface area contributed by atoms with Gasteiger partial charge in [0, 0.05) is 17.7 Å². The van der Waals surface area contributed by atoms with E-state index in [4.69, 9.17) is 5.53 Å². The molecule has 2 aliphatic heterocycles. The molecule has 2 heterocycles. The maximum atomic E-state index is 8.32. The van der Waals surface area contributed by atoms with Crippen LogP contribution in [0, 0.1) is 0 Å². The Morgan fingerprint density at radius 2 is 2.50 bits per heavy atom. The van der Waals surface area contributed by atoms with Crippen LogP contribution in [0.15, 0.2) is 34.0 Å². The molecule has 0 spiro atoms.